The maximum absolute atomic E-state index is 12.8. The number of carbonyl (C=O) groups excluding carboxylic acids is 1. The van der Waals surface area contributed by atoms with Gasteiger partial charge in [0.05, 0.1) is 18.2 Å². The Morgan fingerprint density at radius 2 is 1.78 bits per heavy atom. The summed E-state index contributed by atoms with van der Waals surface area (Å²) in [4.78, 5) is 14.8. The lowest BCUT2D eigenvalue weighted by Crippen LogP contribution is -2.50. The van der Waals surface area contributed by atoms with E-state index in [1.165, 1.54) is 0 Å². The zero-order valence-electron chi connectivity index (χ0n) is 12.0. The van der Waals surface area contributed by atoms with Crippen LogP contribution in [0.15, 0.2) is 24.3 Å². The predicted molar refractivity (Wildman–Crippen MR) is 74.3 cm³/mol. The second kappa shape index (κ2) is 6.01. The van der Waals surface area contributed by atoms with Crippen molar-refractivity contribution in [3.8, 4) is 5.75 Å². The van der Waals surface area contributed by atoms with E-state index in [-0.39, 0.29) is 5.78 Å². The molecule has 1 aromatic carbocycles. The van der Waals surface area contributed by atoms with Crippen LogP contribution in [0.3, 0.4) is 0 Å². The Balaban J connectivity index is 3.26. The number of ether oxygens (including phenoxy) is 1. The van der Waals surface area contributed by atoms with Gasteiger partial charge in [0.1, 0.15) is 5.75 Å². The summed E-state index contributed by atoms with van der Waals surface area (Å²) in [5.41, 5.74) is 0.214. The molecule has 0 N–H and O–H groups in total. The Hall–Kier alpha value is -1.35. The minimum atomic E-state index is -0.450. The smallest absolute Gasteiger partial charge is 0.186 e. The van der Waals surface area contributed by atoms with Gasteiger partial charge >= 0.3 is 0 Å². The van der Waals surface area contributed by atoms with E-state index in [0.29, 0.717) is 11.3 Å². The molecule has 0 spiro atoms. The van der Waals surface area contributed by atoms with Crippen molar-refractivity contribution in [1.82, 2.24) is 4.90 Å². The highest BCUT2D eigenvalue weighted by atomic mass is 16.5. The summed E-state index contributed by atoms with van der Waals surface area (Å²) in [6.45, 7) is 4.10. The number of hydrogen-bond donors (Lipinski definition) is 0. The molecule has 0 bridgehead atoms. The third-order valence-corrected chi connectivity index (χ3v) is 3.80. The molecule has 0 heterocycles. The first-order valence-corrected chi connectivity index (χ1v) is 6.38. The normalized spacial score (nSPS) is 11.7. The molecular weight excluding hydrogens is 226 g/mol. The highest BCUT2D eigenvalue weighted by Crippen LogP contribution is 2.30. The topological polar surface area (TPSA) is 29.5 Å². The largest absolute Gasteiger partial charge is 0.496 e. The summed E-state index contributed by atoms with van der Waals surface area (Å²) in [7, 11) is 5.52. The first kappa shape index (κ1) is 14.7. The van der Waals surface area contributed by atoms with Crippen LogP contribution < -0.4 is 4.74 Å². The molecule has 0 unspecified atom stereocenters. The molecule has 0 aliphatic rings. The Bertz CT molecular complexity index is 409. The van der Waals surface area contributed by atoms with E-state index >= 15 is 0 Å². The van der Waals surface area contributed by atoms with E-state index in [2.05, 4.69) is 13.8 Å². The molecule has 18 heavy (non-hydrogen) atoms. The van der Waals surface area contributed by atoms with E-state index < -0.39 is 5.54 Å². The van der Waals surface area contributed by atoms with Crippen LogP contribution in [-0.4, -0.2) is 37.4 Å². The average Bonchev–Trinajstić information content (AvgIpc) is 2.40. The molecule has 0 fully saturated rings. The number of benzene rings is 1. The number of nitrogens with zero attached hydrogens (tertiary/aromatic N) is 1. The summed E-state index contributed by atoms with van der Waals surface area (Å²) in [6.07, 6.45) is 1.57. The maximum atomic E-state index is 12.8. The molecule has 0 aromatic heterocycles. The maximum Gasteiger partial charge on any atom is 0.186 e. The number of methoxy groups -OCH3 is 1. The van der Waals surface area contributed by atoms with Gasteiger partial charge < -0.3 is 4.74 Å². The number of ketones is 1. The second-order valence-corrected chi connectivity index (χ2v) is 4.66. The Morgan fingerprint density at radius 3 is 2.22 bits per heavy atom. The molecule has 0 atom stereocenters. The van der Waals surface area contributed by atoms with Crippen molar-refractivity contribution < 1.29 is 9.53 Å². The van der Waals surface area contributed by atoms with Crippen LogP contribution >= 0.6 is 0 Å². The van der Waals surface area contributed by atoms with Crippen molar-refractivity contribution in [3.05, 3.63) is 29.8 Å². The molecule has 0 saturated heterocycles. The van der Waals surface area contributed by atoms with Crippen LogP contribution in [0.2, 0.25) is 0 Å². The zero-order valence-corrected chi connectivity index (χ0v) is 12.0. The summed E-state index contributed by atoms with van der Waals surface area (Å²) in [5.74, 6) is 0.783. The lowest BCUT2D eigenvalue weighted by Gasteiger charge is -2.37. The molecule has 0 aliphatic heterocycles. The molecule has 3 nitrogen and oxygen atoms in total. The Kier molecular flexibility index (Phi) is 4.91. The third-order valence-electron chi connectivity index (χ3n) is 3.80. The fraction of sp³-hybridized carbons (Fsp3) is 0.533. The van der Waals surface area contributed by atoms with E-state index in [1.54, 1.807) is 7.11 Å². The minimum Gasteiger partial charge on any atom is -0.496 e. The molecule has 1 rings (SSSR count). The van der Waals surface area contributed by atoms with Crippen LogP contribution in [-0.2, 0) is 0 Å². The lowest BCUT2D eigenvalue weighted by atomic mass is 9.83. The first-order chi connectivity index (χ1) is 8.53. The first-order valence-electron chi connectivity index (χ1n) is 6.38. The van der Waals surface area contributed by atoms with Crippen molar-refractivity contribution in [2.45, 2.75) is 32.2 Å². The van der Waals surface area contributed by atoms with Crippen LogP contribution in [0.25, 0.3) is 0 Å². The van der Waals surface area contributed by atoms with Crippen LogP contribution in [0.4, 0.5) is 0 Å². The summed E-state index contributed by atoms with van der Waals surface area (Å²) in [5, 5.41) is 0. The summed E-state index contributed by atoms with van der Waals surface area (Å²) in [6, 6.07) is 7.43. The fourth-order valence-electron chi connectivity index (χ4n) is 2.49. The number of likely N-dealkylation sites (N-methyl/N-ethyl adjacent to an activating group) is 1. The van der Waals surface area contributed by atoms with Gasteiger partial charge in [0.2, 0.25) is 0 Å². The van der Waals surface area contributed by atoms with Crippen molar-refractivity contribution in [2.24, 2.45) is 0 Å². The Morgan fingerprint density at radius 1 is 1.22 bits per heavy atom. The highest BCUT2D eigenvalue weighted by molar-refractivity contribution is 6.05. The van der Waals surface area contributed by atoms with Gasteiger partial charge in [0.25, 0.3) is 0 Å². The van der Waals surface area contributed by atoms with Crippen LogP contribution in [0.5, 0.6) is 5.75 Å². The average molecular weight is 249 g/mol. The number of para-hydroxylation sites is 1. The molecule has 0 aliphatic carbocycles. The van der Waals surface area contributed by atoms with E-state index in [1.807, 2.05) is 43.3 Å². The van der Waals surface area contributed by atoms with Gasteiger partial charge in [0.15, 0.2) is 5.78 Å². The molecule has 0 amide bonds. The number of Topliss-reactive ketones (excluding diaryl/α,β-unsaturated/α-hetero) is 1. The summed E-state index contributed by atoms with van der Waals surface area (Å²) < 4.78 is 5.29. The van der Waals surface area contributed by atoms with Crippen LogP contribution in [0, 0.1) is 0 Å². The predicted octanol–water partition coefficient (Wildman–Crippen LogP) is 3.00. The van der Waals surface area contributed by atoms with Gasteiger partial charge in [-0.25, -0.2) is 0 Å². The van der Waals surface area contributed by atoms with Gasteiger partial charge in [-0.05, 0) is 39.1 Å². The molecule has 100 valence electrons. The minimum absolute atomic E-state index is 0.134. The van der Waals surface area contributed by atoms with Gasteiger partial charge in [-0.15, -0.1) is 0 Å². The summed E-state index contributed by atoms with van der Waals surface area (Å²) >= 11 is 0. The molecule has 0 saturated carbocycles. The van der Waals surface area contributed by atoms with Gasteiger partial charge in [-0.2, -0.15) is 0 Å². The number of carbonyl (C=O) groups is 1. The number of rotatable bonds is 6. The molecule has 1 aromatic rings. The van der Waals surface area contributed by atoms with E-state index in [0.717, 1.165) is 12.8 Å². The van der Waals surface area contributed by atoms with E-state index in [4.69, 9.17) is 4.74 Å². The van der Waals surface area contributed by atoms with E-state index in [9.17, 15) is 4.79 Å². The fourth-order valence-corrected chi connectivity index (χ4v) is 2.49. The van der Waals surface area contributed by atoms with Crippen molar-refractivity contribution >= 4 is 5.78 Å². The van der Waals surface area contributed by atoms with Gasteiger partial charge in [0, 0.05) is 0 Å². The second-order valence-electron chi connectivity index (χ2n) is 4.66. The highest BCUT2D eigenvalue weighted by Gasteiger charge is 2.38. The standard InChI is InChI=1S/C15H23NO2/c1-6-15(7-2,16(3)4)14(17)12-10-8-9-11-13(12)18-5/h8-11H,6-7H2,1-5H3. The lowest BCUT2D eigenvalue weighted by molar-refractivity contribution is 0.0653. The van der Waals surface area contributed by atoms with Crippen molar-refractivity contribution in [1.29, 1.82) is 0 Å². The number of hydrogen-bond acceptors (Lipinski definition) is 3. The molecular formula is C15H23NO2. The van der Waals surface area contributed by atoms with Crippen LogP contribution in [0.1, 0.15) is 37.0 Å². The SMILES string of the molecule is CCC(CC)(C(=O)c1ccccc1OC)N(C)C. The third kappa shape index (κ3) is 2.41. The monoisotopic (exact) mass is 249 g/mol. The zero-order chi connectivity index (χ0) is 13.8. The molecule has 0 radical (unpaired) electrons. The van der Waals surface area contributed by atoms with Crippen molar-refractivity contribution in [3.63, 3.8) is 0 Å². The van der Waals surface area contributed by atoms with Crippen molar-refractivity contribution in [2.75, 3.05) is 21.2 Å². The quantitative estimate of drug-likeness (QED) is 0.726. The van der Waals surface area contributed by atoms with Gasteiger partial charge in [-0.3, -0.25) is 9.69 Å². The molecule has 3 heteroatoms. The van der Waals surface area contributed by atoms with Gasteiger partial charge in [-0.1, -0.05) is 26.0 Å². The Labute approximate surface area is 110 Å².